The van der Waals surface area contributed by atoms with Crippen molar-refractivity contribution in [2.24, 2.45) is 0 Å². The Labute approximate surface area is 129 Å². The Morgan fingerprint density at radius 2 is 1.86 bits per heavy atom. The highest BCUT2D eigenvalue weighted by Crippen LogP contribution is 2.23. The number of nitrogens with one attached hydrogen (secondary N) is 1. The minimum atomic E-state index is 0.765. The van der Waals surface area contributed by atoms with Crippen molar-refractivity contribution >= 4 is 17.0 Å². The van der Waals surface area contributed by atoms with Crippen molar-refractivity contribution in [3.63, 3.8) is 0 Å². The maximum Gasteiger partial charge on any atom is 0.112 e. The third-order valence-electron chi connectivity index (χ3n) is 3.43. The van der Waals surface area contributed by atoms with Crippen LogP contribution in [0.1, 0.15) is 16.1 Å². The summed E-state index contributed by atoms with van der Waals surface area (Å²) >= 11 is 1.70. The third kappa shape index (κ3) is 3.31. The first-order chi connectivity index (χ1) is 10.2. The molecule has 0 aliphatic rings. The lowest BCUT2D eigenvalue weighted by molar-refractivity contribution is 1.10. The molecule has 3 heteroatoms. The highest BCUT2D eigenvalue weighted by Gasteiger charge is 2.05. The van der Waals surface area contributed by atoms with E-state index in [-0.39, 0.29) is 0 Å². The fourth-order valence-electron chi connectivity index (χ4n) is 2.32. The fraction of sp³-hybridized carbons (Fsp3) is 0.167. The summed E-state index contributed by atoms with van der Waals surface area (Å²) in [5.74, 6) is 0. The van der Waals surface area contributed by atoms with Crippen LogP contribution in [0.3, 0.4) is 0 Å². The minimum Gasteiger partial charge on any atom is -0.378 e. The summed E-state index contributed by atoms with van der Waals surface area (Å²) in [5, 5.41) is 6.69. The van der Waals surface area contributed by atoms with Gasteiger partial charge in [0.05, 0.1) is 12.2 Å². The zero-order valence-electron chi connectivity index (χ0n) is 12.3. The predicted octanol–water partition coefficient (Wildman–Crippen LogP) is 5.04. The lowest BCUT2D eigenvalue weighted by atomic mass is 10.1. The number of benzene rings is 2. The molecule has 1 N–H and O–H groups in total. The summed E-state index contributed by atoms with van der Waals surface area (Å²) < 4.78 is 0. The van der Waals surface area contributed by atoms with E-state index in [1.807, 2.05) is 18.2 Å². The average molecular weight is 294 g/mol. The second kappa shape index (κ2) is 6.10. The second-order valence-corrected chi connectivity index (χ2v) is 6.11. The van der Waals surface area contributed by atoms with Gasteiger partial charge in [0.15, 0.2) is 0 Å². The average Bonchev–Trinajstić information content (AvgIpc) is 2.96. The van der Waals surface area contributed by atoms with Crippen molar-refractivity contribution in [1.82, 2.24) is 4.98 Å². The normalized spacial score (nSPS) is 10.6. The number of hydrogen-bond acceptors (Lipinski definition) is 3. The first kappa shape index (κ1) is 13.8. The predicted molar refractivity (Wildman–Crippen MR) is 90.8 cm³/mol. The van der Waals surface area contributed by atoms with Crippen LogP contribution in [0.15, 0.2) is 53.9 Å². The molecular weight excluding hydrogens is 276 g/mol. The molecule has 0 unspecified atom stereocenters. The van der Waals surface area contributed by atoms with Crippen LogP contribution >= 0.6 is 11.3 Å². The number of nitrogens with zero attached hydrogens (tertiary/aromatic N) is 1. The molecule has 2 aromatic carbocycles. The van der Waals surface area contributed by atoms with E-state index in [9.17, 15) is 0 Å². The molecule has 0 amide bonds. The molecule has 0 saturated heterocycles. The van der Waals surface area contributed by atoms with Gasteiger partial charge in [-0.1, -0.05) is 48.0 Å². The Hall–Kier alpha value is -2.13. The highest BCUT2D eigenvalue weighted by atomic mass is 32.1. The Morgan fingerprint density at radius 1 is 1.05 bits per heavy atom. The highest BCUT2D eigenvalue weighted by molar-refractivity contribution is 7.09. The summed E-state index contributed by atoms with van der Waals surface area (Å²) in [7, 11) is 0. The number of anilines is 1. The largest absolute Gasteiger partial charge is 0.378 e. The molecule has 0 atom stereocenters. The van der Waals surface area contributed by atoms with Gasteiger partial charge in [0, 0.05) is 16.6 Å². The van der Waals surface area contributed by atoms with Gasteiger partial charge >= 0.3 is 0 Å². The molecule has 2 nitrogen and oxygen atoms in total. The molecule has 3 aromatic rings. The van der Waals surface area contributed by atoms with Gasteiger partial charge in [-0.15, -0.1) is 11.3 Å². The first-order valence-electron chi connectivity index (χ1n) is 7.03. The molecule has 106 valence electrons. The standard InChI is InChI=1S/C18H18N2S/c1-13-8-9-16(14(2)10-13)19-11-18-20-17(12-21-18)15-6-4-3-5-7-15/h3-10,12,19H,11H2,1-2H3. The monoisotopic (exact) mass is 294 g/mol. The topological polar surface area (TPSA) is 24.9 Å². The van der Waals surface area contributed by atoms with Crippen molar-refractivity contribution in [2.45, 2.75) is 20.4 Å². The van der Waals surface area contributed by atoms with E-state index >= 15 is 0 Å². The van der Waals surface area contributed by atoms with Crippen LogP contribution in [-0.4, -0.2) is 4.98 Å². The van der Waals surface area contributed by atoms with E-state index in [1.54, 1.807) is 11.3 Å². The summed E-state index contributed by atoms with van der Waals surface area (Å²) in [4.78, 5) is 4.70. The van der Waals surface area contributed by atoms with Crippen LogP contribution in [0.4, 0.5) is 5.69 Å². The zero-order chi connectivity index (χ0) is 14.7. The number of aryl methyl sites for hydroxylation is 2. The number of thiazole rings is 1. The van der Waals surface area contributed by atoms with Crippen molar-refractivity contribution in [3.05, 3.63) is 70.0 Å². The van der Waals surface area contributed by atoms with Crippen LogP contribution in [0.2, 0.25) is 0 Å². The van der Waals surface area contributed by atoms with Gasteiger partial charge in [0.1, 0.15) is 5.01 Å². The molecule has 0 saturated carbocycles. The molecule has 0 bridgehead atoms. The summed E-state index contributed by atoms with van der Waals surface area (Å²) in [6, 6.07) is 16.8. The lowest BCUT2D eigenvalue weighted by Gasteiger charge is -2.08. The smallest absolute Gasteiger partial charge is 0.112 e. The van der Waals surface area contributed by atoms with Crippen molar-refractivity contribution in [3.8, 4) is 11.3 Å². The van der Waals surface area contributed by atoms with E-state index in [0.717, 1.165) is 17.2 Å². The fourth-order valence-corrected chi connectivity index (χ4v) is 3.06. The Balaban J connectivity index is 1.70. The van der Waals surface area contributed by atoms with Crippen LogP contribution in [0, 0.1) is 13.8 Å². The summed E-state index contributed by atoms with van der Waals surface area (Å²) in [6.45, 7) is 5.01. The van der Waals surface area contributed by atoms with Crippen molar-refractivity contribution < 1.29 is 0 Å². The van der Waals surface area contributed by atoms with Gasteiger partial charge in [-0.3, -0.25) is 0 Å². The Morgan fingerprint density at radius 3 is 2.62 bits per heavy atom. The summed E-state index contributed by atoms with van der Waals surface area (Å²) in [5.41, 5.74) is 5.97. The lowest BCUT2D eigenvalue weighted by Crippen LogP contribution is -2.00. The van der Waals surface area contributed by atoms with Crippen LogP contribution < -0.4 is 5.32 Å². The molecule has 0 aliphatic heterocycles. The van der Waals surface area contributed by atoms with E-state index in [0.29, 0.717) is 0 Å². The van der Waals surface area contributed by atoms with Crippen molar-refractivity contribution in [2.75, 3.05) is 5.32 Å². The van der Waals surface area contributed by atoms with E-state index in [1.165, 1.54) is 22.4 Å². The van der Waals surface area contributed by atoms with Gasteiger partial charge in [0.25, 0.3) is 0 Å². The Kier molecular flexibility index (Phi) is 4.02. The number of aromatic nitrogens is 1. The zero-order valence-corrected chi connectivity index (χ0v) is 13.1. The van der Waals surface area contributed by atoms with Crippen LogP contribution in [0.5, 0.6) is 0 Å². The van der Waals surface area contributed by atoms with E-state index in [4.69, 9.17) is 4.98 Å². The van der Waals surface area contributed by atoms with Gasteiger partial charge in [-0.25, -0.2) is 4.98 Å². The molecule has 1 heterocycles. The molecular formula is C18H18N2S. The van der Waals surface area contributed by atoms with Gasteiger partial charge in [-0.05, 0) is 25.5 Å². The minimum absolute atomic E-state index is 0.765. The van der Waals surface area contributed by atoms with Crippen molar-refractivity contribution in [1.29, 1.82) is 0 Å². The number of rotatable bonds is 4. The molecule has 0 aliphatic carbocycles. The quantitative estimate of drug-likeness (QED) is 0.729. The third-order valence-corrected chi connectivity index (χ3v) is 4.28. The molecule has 1 aromatic heterocycles. The molecule has 3 rings (SSSR count). The number of hydrogen-bond donors (Lipinski definition) is 1. The molecule has 0 spiro atoms. The van der Waals surface area contributed by atoms with Crippen LogP contribution in [0.25, 0.3) is 11.3 Å². The molecule has 0 radical (unpaired) electrons. The second-order valence-electron chi connectivity index (χ2n) is 5.16. The maximum absolute atomic E-state index is 4.70. The summed E-state index contributed by atoms with van der Waals surface area (Å²) in [6.07, 6.45) is 0. The van der Waals surface area contributed by atoms with Crippen LogP contribution in [-0.2, 0) is 6.54 Å². The van der Waals surface area contributed by atoms with Gasteiger partial charge in [0.2, 0.25) is 0 Å². The maximum atomic E-state index is 4.70. The Bertz CT molecular complexity index is 732. The molecule has 21 heavy (non-hydrogen) atoms. The van der Waals surface area contributed by atoms with Gasteiger partial charge < -0.3 is 5.32 Å². The van der Waals surface area contributed by atoms with E-state index in [2.05, 4.69) is 54.9 Å². The van der Waals surface area contributed by atoms with E-state index < -0.39 is 0 Å². The first-order valence-corrected chi connectivity index (χ1v) is 7.91. The SMILES string of the molecule is Cc1ccc(NCc2nc(-c3ccccc3)cs2)c(C)c1. The van der Waals surface area contributed by atoms with Gasteiger partial charge in [-0.2, -0.15) is 0 Å². The molecule has 0 fully saturated rings.